The Hall–Kier alpha value is -1.61. The predicted molar refractivity (Wildman–Crippen MR) is 72.2 cm³/mol. The van der Waals surface area contributed by atoms with E-state index < -0.39 is 6.10 Å². The van der Waals surface area contributed by atoms with Gasteiger partial charge >= 0.3 is 0 Å². The van der Waals surface area contributed by atoms with Crippen molar-refractivity contribution in [2.45, 2.75) is 38.8 Å². The van der Waals surface area contributed by atoms with E-state index in [1.807, 2.05) is 42.7 Å². The van der Waals surface area contributed by atoms with Crippen LogP contribution in [0.2, 0.25) is 0 Å². The zero-order chi connectivity index (χ0) is 12.8. The summed E-state index contributed by atoms with van der Waals surface area (Å²) in [5.41, 5.74) is 0.978. The highest BCUT2D eigenvalue weighted by atomic mass is 16.3. The van der Waals surface area contributed by atoms with Gasteiger partial charge in [-0.15, -0.1) is 0 Å². The van der Waals surface area contributed by atoms with Crippen molar-refractivity contribution in [3.63, 3.8) is 0 Å². The molecule has 0 fully saturated rings. The van der Waals surface area contributed by atoms with Crippen LogP contribution in [0.15, 0.2) is 42.7 Å². The molecule has 1 aromatic heterocycles. The standard InChI is InChI=1S/C15H20N2O/c1-2-11-17-12-10-16-15(17)9-8-14(18)13-6-4-3-5-7-13/h3-7,10,12,14,18H,2,8-9,11H2,1H3. The number of aliphatic hydroxyl groups is 1. The fraction of sp³-hybridized carbons (Fsp3) is 0.400. The Kier molecular flexibility index (Phi) is 4.53. The molecule has 0 radical (unpaired) electrons. The van der Waals surface area contributed by atoms with Gasteiger partial charge < -0.3 is 9.67 Å². The second kappa shape index (κ2) is 6.36. The quantitative estimate of drug-likeness (QED) is 0.848. The Morgan fingerprint density at radius 2 is 2.06 bits per heavy atom. The van der Waals surface area contributed by atoms with Crippen molar-refractivity contribution in [1.29, 1.82) is 0 Å². The summed E-state index contributed by atoms with van der Waals surface area (Å²) in [5, 5.41) is 10.1. The zero-order valence-electron chi connectivity index (χ0n) is 10.8. The first-order chi connectivity index (χ1) is 8.81. The molecule has 0 saturated heterocycles. The lowest BCUT2D eigenvalue weighted by molar-refractivity contribution is 0.166. The Labute approximate surface area is 108 Å². The largest absolute Gasteiger partial charge is 0.388 e. The molecule has 1 atom stereocenters. The molecule has 3 nitrogen and oxygen atoms in total. The van der Waals surface area contributed by atoms with Crippen molar-refractivity contribution < 1.29 is 5.11 Å². The molecular formula is C15H20N2O. The maximum absolute atomic E-state index is 10.1. The van der Waals surface area contributed by atoms with Gasteiger partial charge in [0.1, 0.15) is 5.82 Å². The maximum Gasteiger partial charge on any atom is 0.108 e. The number of hydrogen-bond acceptors (Lipinski definition) is 2. The van der Waals surface area contributed by atoms with E-state index in [0.29, 0.717) is 6.42 Å². The Balaban J connectivity index is 1.93. The second-order valence-electron chi connectivity index (χ2n) is 4.50. The molecule has 0 aliphatic heterocycles. The van der Waals surface area contributed by atoms with E-state index >= 15 is 0 Å². The second-order valence-corrected chi connectivity index (χ2v) is 4.50. The van der Waals surface area contributed by atoms with E-state index in [-0.39, 0.29) is 0 Å². The van der Waals surface area contributed by atoms with E-state index in [4.69, 9.17) is 0 Å². The summed E-state index contributed by atoms with van der Waals surface area (Å²) in [6.07, 6.45) is 6.06. The summed E-state index contributed by atoms with van der Waals surface area (Å²) in [7, 11) is 0. The molecule has 1 unspecified atom stereocenters. The smallest absolute Gasteiger partial charge is 0.108 e. The van der Waals surface area contributed by atoms with Gasteiger partial charge in [-0.2, -0.15) is 0 Å². The third-order valence-electron chi connectivity index (χ3n) is 3.09. The van der Waals surface area contributed by atoms with Crippen LogP contribution in [0, 0.1) is 0 Å². The molecule has 0 saturated carbocycles. The Bertz CT molecular complexity index is 464. The molecule has 1 aromatic carbocycles. The number of aliphatic hydroxyl groups excluding tert-OH is 1. The third kappa shape index (κ3) is 3.20. The first-order valence-electron chi connectivity index (χ1n) is 6.54. The molecule has 1 heterocycles. The van der Waals surface area contributed by atoms with E-state index in [9.17, 15) is 5.11 Å². The van der Waals surface area contributed by atoms with E-state index in [1.54, 1.807) is 0 Å². The first kappa shape index (κ1) is 12.8. The van der Waals surface area contributed by atoms with Crippen LogP contribution in [0.5, 0.6) is 0 Å². The summed E-state index contributed by atoms with van der Waals surface area (Å²) >= 11 is 0. The van der Waals surface area contributed by atoms with Crippen molar-refractivity contribution in [3.05, 3.63) is 54.1 Å². The topological polar surface area (TPSA) is 38.0 Å². The molecule has 3 heteroatoms. The van der Waals surface area contributed by atoms with Gasteiger partial charge in [-0.1, -0.05) is 37.3 Å². The molecule has 1 N–H and O–H groups in total. The number of nitrogens with zero attached hydrogens (tertiary/aromatic N) is 2. The molecule has 18 heavy (non-hydrogen) atoms. The monoisotopic (exact) mass is 244 g/mol. The molecule has 2 aromatic rings. The number of aromatic nitrogens is 2. The highest BCUT2D eigenvalue weighted by Gasteiger charge is 2.09. The lowest BCUT2D eigenvalue weighted by Crippen LogP contribution is -2.06. The van der Waals surface area contributed by atoms with Crippen LogP contribution in [-0.2, 0) is 13.0 Å². The normalized spacial score (nSPS) is 12.6. The van der Waals surface area contributed by atoms with Crippen LogP contribution in [0.25, 0.3) is 0 Å². The summed E-state index contributed by atoms with van der Waals surface area (Å²) < 4.78 is 2.16. The SMILES string of the molecule is CCCn1ccnc1CCC(O)c1ccccc1. The molecular weight excluding hydrogens is 224 g/mol. The van der Waals surface area contributed by atoms with E-state index in [0.717, 1.165) is 30.8 Å². The number of hydrogen-bond donors (Lipinski definition) is 1. The lowest BCUT2D eigenvalue weighted by Gasteiger charge is -2.11. The van der Waals surface area contributed by atoms with Crippen LogP contribution in [0.3, 0.4) is 0 Å². The van der Waals surface area contributed by atoms with E-state index in [1.165, 1.54) is 0 Å². The number of rotatable bonds is 6. The maximum atomic E-state index is 10.1. The van der Waals surface area contributed by atoms with Gasteiger partial charge in [-0.25, -0.2) is 4.98 Å². The third-order valence-corrected chi connectivity index (χ3v) is 3.09. The van der Waals surface area contributed by atoms with Gasteiger partial charge in [-0.3, -0.25) is 0 Å². The Morgan fingerprint density at radius 3 is 2.78 bits per heavy atom. The van der Waals surface area contributed by atoms with Gasteiger partial charge in [-0.05, 0) is 18.4 Å². The van der Waals surface area contributed by atoms with Gasteiger partial charge in [0.2, 0.25) is 0 Å². The number of imidazole rings is 1. The molecule has 0 aliphatic carbocycles. The van der Waals surface area contributed by atoms with Crippen molar-refractivity contribution in [3.8, 4) is 0 Å². The predicted octanol–water partition coefficient (Wildman–Crippen LogP) is 2.96. The van der Waals surface area contributed by atoms with Crippen LogP contribution in [-0.4, -0.2) is 14.7 Å². The lowest BCUT2D eigenvalue weighted by atomic mass is 10.0. The molecule has 96 valence electrons. The van der Waals surface area contributed by atoms with Crippen LogP contribution in [0.4, 0.5) is 0 Å². The minimum absolute atomic E-state index is 0.405. The fourth-order valence-electron chi connectivity index (χ4n) is 2.12. The summed E-state index contributed by atoms with van der Waals surface area (Å²) in [6, 6.07) is 9.80. The van der Waals surface area contributed by atoms with Crippen molar-refractivity contribution in [2.75, 3.05) is 0 Å². The minimum Gasteiger partial charge on any atom is -0.388 e. The van der Waals surface area contributed by atoms with Crippen molar-refractivity contribution in [2.24, 2.45) is 0 Å². The molecule has 0 spiro atoms. The molecule has 0 amide bonds. The summed E-state index contributed by atoms with van der Waals surface area (Å²) in [6.45, 7) is 3.15. The first-order valence-corrected chi connectivity index (χ1v) is 6.54. The number of benzene rings is 1. The summed E-state index contributed by atoms with van der Waals surface area (Å²) in [4.78, 5) is 4.35. The van der Waals surface area contributed by atoms with E-state index in [2.05, 4.69) is 16.5 Å². The highest BCUT2D eigenvalue weighted by molar-refractivity contribution is 5.17. The van der Waals surface area contributed by atoms with Gasteiger partial charge in [0, 0.05) is 25.4 Å². The van der Waals surface area contributed by atoms with Gasteiger partial charge in [0.25, 0.3) is 0 Å². The minimum atomic E-state index is -0.405. The average Bonchev–Trinajstić information content (AvgIpc) is 2.85. The van der Waals surface area contributed by atoms with Crippen molar-refractivity contribution in [1.82, 2.24) is 9.55 Å². The average molecular weight is 244 g/mol. The zero-order valence-corrected chi connectivity index (χ0v) is 10.8. The Morgan fingerprint density at radius 1 is 1.28 bits per heavy atom. The van der Waals surface area contributed by atoms with Gasteiger partial charge in [0.15, 0.2) is 0 Å². The van der Waals surface area contributed by atoms with Crippen molar-refractivity contribution >= 4 is 0 Å². The highest BCUT2D eigenvalue weighted by Crippen LogP contribution is 2.18. The summed E-state index contributed by atoms with van der Waals surface area (Å²) in [5.74, 6) is 1.06. The van der Waals surface area contributed by atoms with Gasteiger partial charge in [0.05, 0.1) is 6.10 Å². The van der Waals surface area contributed by atoms with Crippen LogP contribution in [0.1, 0.15) is 37.3 Å². The molecule has 0 aliphatic rings. The van der Waals surface area contributed by atoms with Crippen LogP contribution >= 0.6 is 0 Å². The number of aryl methyl sites for hydroxylation is 2. The molecule has 2 rings (SSSR count). The van der Waals surface area contributed by atoms with Crippen LogP contribution < -0.4 is 0 Å². The fourth-order valence-corrected chi connectivity index (χ4v) is 2.12. The molecule has 0 bridgehead atoms.